The molecule has 0 unspecified atom stereocenters. The molecule has 0 spiro atoms. The Balaban J connectivity index is 3.51. The number of hydrogen-bond acceptors (Lipinski definition) is 2. The molecule has 0 aromatic heterocycles. The van der Waals surface area contributed by atoms with Gasteiger partial charge >= 0.3 is 111 Å². The van der Waals surface area contributed by atoms with E-state index in [2.05, 4.69) is 44.8 Å². The van der Waals surface area contributed by atoms with Gasteiger partial charge in [-0.2, -0.15) is 0 Å². The van der Waals surface area contributed by atoms with E-state index in [9.17, 15) is 0 Å². The monoisotopic (exact) mass is 330 g/mol. The Kier molecular flexibility index (Phi) is 11.5. The van der Waals surface area contributed by atoms with Crippen LogP contribution in [0.15, 0.2) is 0 Å². The molecule has 0 saturated heterocycles. The second-order valence-electron chi connectivity index (χ2n) is 5.26. The Labute approximate surface area is 111 Å². The van der Waals surface area contributed by atoms with E-state index in [0.29, 0.717) is 0 Å². The van der Waals surface area contributed by atoms with E-state index in [0.717, 1.165) is 0 Å². The Morgan fingerprint density at radius 1 is 0.875 bits per heavy atom. The summed E-state index contributed by atoms with van der Waals surface area (Å²) < 4.78 is 4.80. The molecule has 3 heteroatoms. The third kappa shape index (κ3) is 9.98. The molecule has 0 atom stereocenters. The van der Waals surface area contributed by atoms with Crippen molar-refractivity contribution in [1.29, 1.82) is 0 Å². The molecule has 0 aromatic rings. The average molecular weight is 330 g/mol. The van der Waals surface area contributed by atoms with Crippen molar-refractivity contribution in [2.45, 2.75) is 39.2 Å². The molecular formula is C13H31InN2. The summed E-state index contributed by atoms with van der Waals surface area (Å²) in [5, 5.41) is 0. The Morgan fingerprint density at radius 2 is 1.44 bits per heavy atom. The molecule has 0 bridgehead atoms. The molecular weight excluding hydrogens is 299 g/mol. The van der Waals surface area contributed by atoms with Crippen molar-refractivity contribution < 1.29 is 0 Å². The maximum atomic E-state index is 2.44. The first-order valence-electron chi connectivity index (χ1n) is 6.93. The molecule has 0 aliphatic carbocycles. The molecule has 0 aliphatic rings. The van der Waals surface area contributed by atoms with Crippen LogP contribution in [-0.4, -0.2) is 72.0 Å². The van der Waals surface area contributed by atoms with Gasteiger partial charge in [-0.3, -0.25) is 0 Å². The topological polar surface area (TPSA) is 6.48 Å². The van der Waals surface area contributed by atoms with Crippen LogP contribution in [0, 0.1) is 0 Å². The molecule has 0 radical (unpaired) electrons. The van der Waals surface area contributed by atoms with E-state index in [1.807, 2.05) is 0 Å². The third-order valence-corrected chi connectivity index (χ3v) is 13.8. The van der Waals surface area contributed by atoms with Gasteiger partial charge in [0.15, 0.2) is 0 Å². The summed E-state index contributed by atoms with van der Waals surface area (Å²) >= 11 is -1.08. The van der Waals surface area contributed by atoms with Crippen LogP contribution in [0.4, 0.5) is 0 Å². The third-order valence-electron chi connectivity index (χ3n) is 3.49. The number of nitrogens with zero attached hydrogens (tertiary/aromatic N) is 2. The van der Waals surface area contributed by atoms with Crippen molar-refractivity contribution in [3.63, 3.8) is 0 Å². The first kappa shape index (κ1) is 16.8. The van der Waals surface area contributed by atoms with Crippen molar-refractivity contribution in [3.05, 3.63) is 0 Å². The van der Waals surface area contributed by atoms with Crippen molar-refractivity contribution in [1.82, 2.24) is 9.80 Å². The van der Waals surface area contributed by atoms with Gasteiger partial charge < -0.3 is 0 Å². The molecule has 0 fully saturated rings. The summed E-state index contributed by atoms with van der Waals surface area (Å²) in [6, 6.07) is 0. The Morgan fingerprint density at radius 3 is 1.88 bits per heavy atom. The van der Waals surface area contributed by atoms with Gasteiger partial charge in [-0.25, -0.2) is 0 Å². The quantitative estimate of drug-likeness (QED) is 0.608. The summed E-state index contributed by atoms with van der Waals surface area (Å²) in [4.78, 5) is 4.77. The molecule has 0 rings (SSSR count). The molecule has 0 heterocycles. The molecule has 0 amide bonds. The van der Waals surface area contributed by atoms with Crippen molar-refractivity contribution in [3.8, 4) is 0 Å². The van der Waals surface area contributed by atoms with Gasteiger partial charge in [-0.05, 0) is 0 Å². The van der Waals surface area contributed by atoms with Crippen molar-refractivity contribution in [2.24, 2.45) is 0 Å². The zero-order valence-electron chi connectivity index (χ0n) is 12.1. The summed E-state index contributed by atoms with van der Waals surface area (Å²) in [5.41, 5.74) is 0. The SMILES string of the molecule is CCN(C)CC[CH2][In]([CH2]C)[CH2]CCN(C)C. The van der Waals surface area contributed by atoms with Gasteiger partial charge in [0.1, 0.15) is 0 Å². The van der Waals surface area contributed by atoms with Crippen molar-refractivity contribution in [2.75, 3.05) is 40.8 Å². The van der Waals surface area contributed by atoms with E-state index in [1.54, 1.807) is 12.5 Å². The van der Waals surface area contributed by atoms with E-state index >= 15 is 0 Å². The van der Waals surface area contributed by atoms with Crippen molar-refractivity contribution >= 4 is 21.4 Å². The van der Waals surface area contributed by atoms with Crippen LogP contribution in [0.2, 0.25) is 12.5 Å². The fraction of sp³-hybridized carbons (Fsp3) is 1.00. The van der Waals surface area contributed by atoms with Gasteiger partial charge in [0.2, 0.25) is 0 Å². The first-order valence-corrected chi connectivity index (χ1v) is 13.9. The van der Waals surface area contributed by atoms with Gasteiger partial charge in [0.25, 0.3) is 0 Å². The first-order chi connectivity index (χ1) is 7.60. The maximum absolute atomic E-state index is 2.44. The fourth-order valence-corrected chi connectivity index (χ4v) is 9.55. The summed E-state index contributed by atoms with van der Waals surface area (Å²) in [6.45, 7) is 8.49. The normalized spacial score (nSPS) is 11.4. The molecule has 0 aliphatic heterocycles. The van der Waals surface area contributed by atoms with Crippen LogP contribution in [0.5, 0.6) is 0 Å². The average Bonchev–Trinajstić information content (AvgIpc) is 2.26. The zero-order valence-corrected chi connectivity index (χ0v) is 15.4. The second kappa shape index (κ2) is 10.9. The van der Waals surface area contributed by atoms with Crippen LogP contribution in [0.1, 0.15) is 26.7 Å². The van der Waals surface area contributed by atoms with Crippen LogP contribution in [0.3, 0.4) is 0 Å². The Bertz CT molecular complexity index is 151. The van der Waals surface area contributed by atoms with Gasteiger partial charge in [0.05, 0.1) is 0 Å². The van der Waals surface area contributed by atoms with Crippen LogP contribution in [-0.2, 0) is 0 Å². The standard InChI is InChI=1S/C6H14N.C5H12N.C2H5.In/c1-4-6-7(3)5-2;1-4-5-6(2)3;1-2;/h1,4-6H2,2-3H3;1,4-5H2,2-3H3;1H2,2H3;. The van der Waals surface area contributed by atoms with Crippen LogP contribution >= 0.6 is 0 Å². The fourth-order valence-electron chi connectivity index (χ4n) is 2.06. The summed E-state index contributed by atoms with van der Waals surface area (Å²) in [7, 11) is 6.61. The minimum absolute atomic E-state index is 1.08. The van der Waals surface area contributed by atoms with E-state index in [4.69, 9.17) is 0 Å². The molecule has 96 valence electrons. The predicted octanol–water partition coefficient (Wildman–Crippen LogP) is 2.79. The van der Waals surface area contributed by atoms with Crippen LogP contribution < -0.4 is 0 Å². The molecule has 16 heavy (non-hydrogen) atoms. The summed E-state index contributed by atoms with van der Waals surface area (Å²) in [6.07, 6.45) is 2.91. The molecule has 0 aromatic carbocycles. The number of hydrogen-bond donors (Lipinski definition) is 0. The van der Waals surface area contributed by atoms with Gasteiger partial charge in [-0.15, -0.1) is 0 Å². The van der Waals surface area contributed by atoms with E-state index < -0.39 is 21.4 Å². The van der Waals surface area contributed by atoms with E-state index in [-0.39, 0.29) is 0 Å². The Hall–Kier alpha value is 0.790. The minimum atomic E-state index is -1.08. The molecule has 0 N–H and O–H groups in total. The van der Waals surface area contributed by atoms with Crippen LogP contribution in [0.25, 0.3) is 0 Å². The van der Waals surface area contributed by atoms with Gasteiger partial charge in [0, 0.05) is 0 Å². The number of rotatable bonds is 10. The summed E-state index contributed by atoms with van der Waals surface area (Å²) in [5.74, 6) is 0. The second-order valence-corrected chi connectivity index (χ2v) is 15.8. The van der Waals surface area contributed by atoms with Gasteiger partial charge in [-0.1, -0.05) is 0 Å². The molecule has 2 nitrogen and oxygen atoms in total. The molecule has 0 saturated carbocycles. The predicted molar refractivity (Wildman–Crippen MR) is 76.8 cm³/mol. The van der Waals surface area contributed by atoms with E-state index in [1.165, 1.54) is 32.5 Å². The zero-order chi connectivity index (χ0) is 12.4.